The van der Waals surface area contributed by atoms with Crippen LogP contribution >= 0.6 is 0 Å². The fourth-order valence-corrected chi connectivity index (χ4v) is 4.21. The maximum atomic E-state index is 13.5. The quantitative estimate of drug-likeness (QED) is 0.659. The summed E-state index contributed by atoms with van der Waals surface area (Å²) in [6, 6.07) is 13.7. The van der Waals surface area contributed by atoms with Crippen LogP contribution < -0.4 is 5.32 Å². The molecule has 6 nitrogen and oxygen atoms in total. The Hall–Kier alpha value is -3.22. The number of rotatable bonds is 6. The van der Waals surface area contributed by atoms with Crippen molar-refractivity contribution >= 4 is 22.8 Å². The Bertz CT molecular complexity index is 1060. The molecule has 0 spiro atoms. The topological polar surface area (TPSA) is 67.2 Å². The molecule has 7 heteroatoms. The van der Waals surface area contributed by atoms with E-state index in [2.05, 4.69) is 10.3 Å². The highest BCUT2D eigenvalue weighted by molar-refractivity contribution is 5.81. The summed E-state index contributed by atoms with van der Waals surface area (Å²) in [7, 11) is 0. The number of para-hydroxylation sites is 2. The van der Waals surface area contributed by atoms with E-state index in [0.717, 1.165) is 29.4 Å². The van der Waals surface area contributed by atoms with E-state index in [1.54, 1.807) is 23.4 Å². The molecule has 1 aliphatic rings. The van der Waals surface area contributed by atoms with Crippen LogP contribution in [0.15, 0.2) is 54.9 Å². The van der Waals surface area contributed by atoms with Crippen LogP contribution in [0, 0.1) is 11.7 Å². The molecule has 2 unspecified atom stereocenters. The summed E-state index contributed by atoms with van der Waals surface area (Å²) < 4.78 is 15.5. The Morgan fingerprint density at radius 1 is 1.19 bits per heavy atom. The lowest BCUT2D eigenvalue weighted by Crippen LogP contribution is -2.46. The van der Waals surface area contributed by atoms with E-state index in [-0.39, 0.29) is 29.6 Å². The first-order chi connectivity index (χ1) is 15.0. The number of aromatic nitrogens is 2. The highest BCUT2D eigenvalue weighted by Gasteiger charge is 2.29. The first-order valence-electron chi connectivity index (χ1n) is 10.8. The van der Waals surface area contributed by atoms with Gasteiger partial charge in [-0.15, -0.1) is 0 Å². The zero-order valence-electron chi connectivity index (χ0n) is 17.6. The number of hydrogen-bond acceptors (Lipinski definition) is 3. The number of carbonyl (C=O) groups is 2. The van der Waals surface area contributed by atoms with Crippen molar-refractivity contribution in [3.05, 3.63) is 66.2 Å². The third-order valence-electron chi connectivity index (χ3n) is 5.94. The third kappa shape index (κ3) is 4.76. The highest BCUT2D eigenvalue weighted by atomic mass is 19.1. The molecule has 2 atom stereocenters. The van der Waals surface area contributed by atoms with E-state index >= 15 is 0 Å². The summed E-state index contributed by atoms with van der Waals surface area (Å²) in [5.41, 5.74) is 2.68. The molecular weight excluding hydrogens is 395 g/mol. The largest absolute Gasteiger partial charge is 0.347 e. The number of halogens is 1. The van der Waals surface area contributed by atoms with Gasteiger partial charge in [-0.05, 0) is 42.7 Å². The van der Waals surface area contributed by atoms with Crippen LogP contribution in [-0.2, 0) is 16.1 Å². The lowest BCUT2D eigenvalue weighted by atomic mass is 9.95. The van der Waals surface area contributed by atoms with Crippen molar-refractivity contribution in [1.29, 1.82) is 0 Å². The minimum absolute atomic E-state index is 0.0765. The Morgan fingerprint density at radius 2 is 1.97 bits per heavy atom. The van der Waals surface area contributed by atoms with Gasteiger partial charge in [0.2, 0.25) is 11.8 Å². The van der Waals surface area contributed by atoms with E-state index < -0.39 is 0 Å². The molecule has 1 N–H and O–H groups in total. The van der Waals surface area contributed by atoms with E-state index in [1.807, 2.05) is 35.8 Å². The minimum atomic E-state index is -0.344. The molecular formula is C24H27FN4O2. The molecule has 2 amide bonds. The standard InChI is InChI=1S/C24H27FN4O2/c1-2-23(30)28-13-5-6-18(14-28)24(31)27-21(17-9-11-19(25)12-10-17)15-29-16-26-20-7-3-4-8-22(20)29/h3-4,7-12,16,18,21H,2,5-6,13-15H2,1H3,(H,27,31). The van der Waals surface area contributed by atoms with Crippen LogP contribution in [-0.4, -0.2) is 39.4 Å². The van der Waals surface area contributed by atoms with Crippen LogP contribution in [0.1, 0.15) is 37.8 Å². The maximum absolute atomic E-state index is 13.5. The second-order valence-corrected chi connectivity index (χ2v) is 8.03. The molecule has 0 radical (unpaired) electrons. The van der Waals surface area contributed by atoms with E-state index in [4.69, 9.17) is 0 Å². The average molecular weight is 423 g/mol. The number of carbonyl (C=O) groups excluding carboxylic acids is 2. The number of nitrogens with zero attached hydrogens (tertiary/aromatic N) is 3. The van der Waals surface area contributed by atoms with E-state index in [9.17, 15) is 14.0 Å². The predicted octanol–water partition coefficient (Wildman–Crippen LogP) is 3.68. The molecule has 1 aliphatic heterocycles. The van der Waals surface area contributed by atoms with Crippen LogP contribution in [0.25, 0.3) is 11.0 Å². The normalized spacial score (nSPS) is 17.5. The molecule has 2 heterocycles. The summed E-state index contributed by atoms with van der Waals surface area (Å²) in [5.74, 6) is -0.556. The highest BCUT2D eigenvalue weighted by Crippen LogP contribution is 2.23. The molecule has 0 bridgehead atoms. The Morgan fingerprint density at radius 3 is 2.74 bits per heavy atom. The molecule has 2 aromatic carbocycles. The van der Waals surface area contributed by atoms with Gasteiger partial charge in [-0.2, -0.15) is 0 Å². The van der Waals surface area contributed by atoms with Crippen molar-refractivity contribution in [1.82, 2.24) is 19.8 Å². The summed E-state index contributed by atoms with van der Waals surface area (Å²) in [6.45, 7) is 3.47. The van der Waals surface area contributed by atoms with E-state index in [1.165, 1.54) is 12.1 Å². The van der Waals surface area contributed by atoms with Crippen molar-refractivity contribution in [3.8, 4) is 0 Å². The van der Waals surface area contributed by atoms with Crippen LogP contribution in [0.4, 0.5) is 4.39 Å². The van der Waals surface area contributed by atoms with Crippen molar-refractivity contribution < 1.29 is 14.0 Å². The molecule has 4 rings (SSSR count). The zero-order valence-corrected chi connectivity index (χ0v) is 17.6. The zero-order chi connectivity index (χ0) is 21.8. The second kappa shape index (κ2) is 9.29. The van der Waals surface area contributed by atoms with Gasteiger partial charge in [0, 0.05) is 26.1 Å². The number of amides is 2. The van der Waals surface area contributed by atoms with Gasteiger partial charge < -0.3 is 14.8 Å². The van der Waals surface area contributed by atoms with Gasteiger partial charge in [-0.3, -0.25) is 9.59 Å². The van der Waals surface area contributed by atoms with E-state index in [0.29, 0.717) is 26.1 Å². The van der Waals surface area contributed by atoms with Crippen molar-refractivity contribution in [2.24, 2.45) is 5.92 Å². The Kier molecular flexibility index (Phi) is 6.30. The molecule has 0 saturated carbocycles. The van der Waals surface area contributed by atoms with Crippen LogP contribution in [0.2, 0.25) is 0 Å². The van der Waals surface area contributed by atoms with Gasteiger partial charge in [-0.25, -0.2) is 9.37 Å². The van der Waals surface area contributed by atoms with Gasteiger partial charge >= 0.3 is 0 Å². The second-order valence-electron chi connectivity index (χ2n) is 8.03. The summed E-state index contributed by atoms with van der Waals surface area (Å²) in [5, 5.41) is 3.15. The number of piperidine rings is 1. The molecule has 162 valence electrons. The van der Waals surface area contributed by atoms with Crippen molar-refractivity contribution in [2.75, 3.05) is 13.1 Å². The SMILES string of the molecule is CCC(=O)N1CCCC(C(=O)NC(Cn2cnc3ccccc32)c2ccc(F)cc2)C1. The lowest BCUT2D eigenvalue weighted by Gasteiger charge is -2.33. The molecule has 3 aromatic rings. The summed E-state index contributed by atoms with van der Waals surface area (Å²) in [6.07, 6.45) is 3.77. The lowest BCUT2D eigenvalue weighted by molar-refractivity contribution is -0.135. The Labute approximate surface area is 181 Å². The van der Waals surface area contributed by atoms with Gasteiger partial charge in [0.1, 0.15) is 5.82 Å². The first kappa shape index (κ1) is 21.0. The molecule has 0 aliphatic carbocycles. The number of imidazole rings is 1. The number of hydrogen-bond donors (Lipinski definition) is 1. The van der Waals surface area contributed by atoms with Crippen molar-refractivity contribution in [3.63, 3.8) is 0 Å². The molecule has 1 saturated heterocycles. The van der Waals surface area contributed by atoms with Crippen LogP contribution in [0.5, 0.6) is 0 Å². The van der Waals surface area contributed by atoms with Gasteiger partial charge in [-0.1, -0.05) is 31.2 Å². The first-order valence-corrected chi connectivity index (χ1v) is 10.8. The van der Waals surface area contributed by atoms with Crippen molar-refractivity contribution in [2.45, 2.75) is 38.8 Å². The number of nitrogens with one attached hydrogen (secondary N) is 1. The molecule has 1 fully saturated rings. The monoisotopic (exact) mass is 422 g/mol. The fraction of sp³-hybridized carbons (Fsp3) is 0.375. The Balaban J connectivity index is 1.55. The summed E-state index contributed by atoms with van der Waals surface area (Å²) in [4.78, 5) is 31.5. The average Bonchev–Trinajstić information content (AvgIpc) is 3.21. The maximum Gasteiger partial charge on any atom is 0.225 e. The van der Waals surface area contributed by atoms with Crippen LogP contribution in [0.3, 0.4) is 0 Å². The minimum Gasteiger partial charge on any atom is -0.347 e. The number of likely N-dealkylation sites (tertiary alicyclic amines) is 1. The number of fused-ring (bicyclic) bond motifs is 1. The predicted molar refractivity (Wildman–Crippen MR) is 117 cm³/mol. The molecule has 1 aromatic heterocycles. The number of benzene rings is 2. The van der Waals surface area contributed by atoms with Gasteiger partial charge in [0.05, 0.1) is 29.3 Å². The smallest absolute Gasteiger partial charge is 0.225 e. The van der Waals surface area contributed by atoms with Gasteiger partial charge in [0.25, 0.3) is 0 Å². The third-order valence-corrected chi connectivity index (χ3v) is 5.94. The molecule has 31 heavy (non-hydrogen) atoms. The van der Waals surface area contributed by atoms with Gasteiger partial charge in [0.15, 0.2) is 0 Å². The fourth-order valence-electron chi connectivity index (χ4n) is 4.21. The summed E-state index contributed by atoms with van der Waals surface area (Å²) >= 11 is 0.